The summed E-state index contributed by atoms with van der Waals surface area (Å²) in [6.07, 6.45) is 2.30. The van der Waals surface area contributed by atoms with Crippen LogP contribution >= 0.6 is 0 Å². The molecule has 0 spiro atoms. The van der Waals surface area contributed by atoms with Crippen molar-refractivity contribution in [3.63, 3.8) is 0 Å². The SMILES string of the molecule is COc1cc(O)c([C@H]2C3=CC[C@@H]4C(=O)N(c5ccc(N=Nc6ccc(N(C)C)cc6)cc5)C(=O)[C@@H]4[C@@H]3C[C@H]3C(=O)N(c4ccc(N=Nc5ccc(N(C)C)cc5)cc4)C(=O)[C@@H]23)c(OC)c1. The molecule has 0 unspecified atom stereocenters. The van der Waals surface area contributed by atoms with Crippen molar-refractivity contribution in [3.8, 4) is 17.2 Å². The lowest BCUT2D eigenvalue weighted by molar-refractivity contribution is -0.126. The van der Waals surface area contributed by atoms with Gasteiger partial charge in [-0.05, 0) is 116 Å². The molecule has 0 radical (unpaired) electrons. The molecule has 65 heavy (non-hydrogen) atoms. The number of methoxy groups -OCH3 is 2. The summed E-state index contributed by atoms with van der Waals surface area (Å²) < 4.78 is 11.3. The maximum Gasteiger partial charge on any atom is 0.238 e. The van der Waals surface area contributed by atoms with Crippen molar-refractivity contribution in [3.05, 3.63) is 126 Å². The van der Waals surface area contributed by atoms with Crippen LogP contribution < -0.4 is 29.1 Å². The van der Waals surface area contributed by atoms with Gasteiger partial charge in [-0.2, -0.15) is 20.5 Å². The monoisotopic (exact) mass is 872 g/mol. The lowest BCUT2D eigenvalue weighted by Gasteiger charge is -2.44. The molecule has 1 saturated carbocycles. The topological polar surface area (TPSA) is 169 Å². The van der Waals surface area contributed by atoms with E-state index in [-0.39, 0.29) is 36.2 Å². The third-order valence-corrected chi connectivity index (χ3v) is 13.0. The fourth-order valence-electron chi connectivity index (χ4n) is 9.81. The van der Waals surface area contributed by atoms with Crippen molar-refractivity contribution in [2.24, 2.45) is 50.0 Å². The van der Waals surface area contributed by atoms with Crippen molar-refractivity contribution in [2.45, 2.75) is 18.8 Å². The molecule has 0 bridgehead atoms. The van der Waals surface area contributed by atoms with Gasteiger partial charge >= 0.3 is 0 Å². The van der Waals surface area contributed by atoms with Gasteiger partial charge in [0.05, 0.1) is 72.0 Å². The van der Waals surface area contributed by atoms with Gasteiger partial charge in [0.2, 0.25) is 23.6 Å². The van der Waals surface area contributed by atoms with Crippen LogP contribution in [0.4, 0.5) is 45.5 Å². The van der Waals surface area contributed by atoms with E-state index < -0.39 is 47.3 Å². The lowest BCUT2D eigenvalue weighted by Crippen LogP contribution is -2.43. The highest BCUT2D eigenvalue weighted by Crippen LogP contribution is 2.61. The van der Waals surface area contributed by atoms with Crippen LogP contribution in [0.25, 0.3) is 0 Å². The number of nitrogens with zero attached hydrogens (tertiary/aromatic N) is 8. The first-order valence-electron chi connectivity index (χ1n) is 21.4. The van der Waals surface area contributed by atoms with Crippen LogP contribution in [0.1, 0.15) is 24.3 Å². The number of rotatable bonds is 11. The highest BCUT2D eigenvalue weighted by Gasteiger charge is 2.63. The van der Waals surface area contributed by atoms with E-state index in [0.29, 0.717) is 51.0 Å². The Morgan fingerprint density at radius 1 is 0.554 bits per heavy atom. The molecule has 6 atom stereocenters. The highest BCUT2D eigenvalue weighted by atomic mass is 16.5. The molecule has 4 amide bonds. The largest absolute Gasteiger partial charge is 0.507 e. The number of fused-ring (bicyclic) bond motifs is 4. The number of anilines is 4. The van der Waals surface area contributed by atoms with Crippen LogP contribution in [0.15, 0.2) is 141 Å². The van der Waals surface area contributed by atoms with Crippen LogP contribution in [-0.4, -0.2) is 71.1 Å². The molecule has 0 aromatic heterocycles. The summed E-state index contributed by atoms with van der Waals surface area (Å²) in [7, 11) is 10.8. The van der Waals surface area contributed by atoms with Gasteiger partial charge in [0, 0.05) is 63.2 Å². The van der Waals surface area contributed by atoms with E-state index >= 15 is 0 Å². The molecule has 2 saturated heterocycles. The highest BCUT2D eigenvalue weighted by molar-refractivity contribution is 6.24. The number of imide groups is 2. The first kappa shape index (κ1) is 42.6. The zero-order chi connectivity index (χ0) is 45.7. The molecule has 15 nitrogen and oxygen atoms in total. The predicted octanol–water partition coefficient (Wildman–Crippen LogP) is 9.42. The van der Waals surface area contributed by atoms with Gasteiger partial charge in [-0.15, -0.1) is 0 Å². The maximum absolute atomic E-state index is 14.8. The van der Waals surface area contributed by atoms with Crippen molar-refractivity contribution < 1.29 is 33.8 Å². The molecule has 2 aliphatic carbocycles. The van der Waals surface area contributed by atoms with Crippen molar-refractivity contribution in [1.82, 2.24) is 0 Å². The number of ether oxygens (including phenoxy) is 2. The van der Waals surface area contributed by atoms with E-state index in [0.717, 1.165) is 11.4 Å². The van der Waals surface area contributed by atoms with Crippen LogP contribution in [0.2, 0.25) is 0 Å². The van der Waals surface area contributed by atoms with Crippen molar-refractivity contribution >= 4 is 69.1 Å². The zero-order valence-corrected chi connectivity index (χ0v) is 36.8. The minimum absolute atomic E-state index is 0.148. The van der Waals surface area contributed by atoms with Crippen LogP contribution in [0.5, 0.6) is 17.2 Å². The number of hydrogen-bond donors (Lipinski definition) is 1. The summed E-state index contributed by atoms with van der Waals surface area (Å²) in [5, 5.41) is 29.1. The molecular weight excluding hydrogens is 825 g/mol. The number of carbonyl (C=O) groups is 4. The van der Waals surface area contributed by atoms with Crippen molar-refractivity contribution in [2.75, 3.05) is 62.0 Å². The van der Waals surface area contributed by atoms with Crippen molar-refractivity contribution in [1.29, 1.82) is 0 Å². The normalized spacial score (nSPS) is 22.6. The second-order valence-corrected chi connectivity index (χ2v) is 17.1. The Kier molecular flexibility index (Phi) is 11.2. The number of amides is 4. The minimum atomic E-state index is -0.949. The quantitative estimate of drug-likeness (QED) is 0.0772. The Morgan fingerprint density at radius 3 is 1.45 bits per heavy atom. The van der Waals surface area contributed by atoms with Crippen LogP contribution in [-0.2, 0) is 19.2 Å². The third kappa shape index (κ3) is 7.66. The molecule has 4 aliphatic rings. The molecule has 330 valence electrons. The molecule has 5 aromatic carbocycles. The second kappa shape index (κ2) is 17.1. The molecular formula is C50H48N8O7. The Balaban J connectivity index is 1.02. The number of phenols is 1. The summed E-state index contributed by atoms with van der Waals surface area (Å²) >= 11 is 0. The van der Waals surface area contributed by atoms with Gasteiger partial charge in [-0.3, -0.25) is 29.0 Å². The number of aromatic hydroxyl groups is 1. The minimum Gasteiger partial charge on any atom is -0.507 e. The first-order chi connectivity index (χ1) is 31.4. The molecule has 3 fully saturated rings. The molecule has 2 aliphatic heterocycles. The average molecular weight is 873 g/mol. The van der Waals surface area contributed by atoms with E-state index in [1.165, 1.54) is 30.1 Å². The number of phenolic OH excluding ortho intramolecular Hbond substituents is 1. The molecule has 2 heterocycles. The number of azo groups is 2. The van der Waals surface area contributed by atoms with Gasteiger partial charge in [-0.1, -0.05) is 11.6 Å². The molecule has 15 heteroatoms. The van der Waals surface area contributed by atoms with Crippen LogP contribution in [0, 0.1) is 29.6 Å². The third-order valence-electron chi connectivity index (χ3n) is 13.0. The van der Waals surface area contributed by atoms with Crippen LogP contribution in [0.3, 0.4) is 0 Å². The van der Waals surface area contributed by atoms with Gasteiger partial charge in [0.1, 0.15) is 17.2 Å². The smallest absolute Gasteiger partial charge is 0.238 e. The Bertz CT molecular complexity index is 2770. The maximum atomic E-state index is 14.8. The summed E-state index contributed by atoms with van der Waals surface area (Å²) in [4.78, 5) is 64.9. The Hall–Kier alpha value is -7.68. The molecule has 5 aromatic rings. The van der Waals surface area contributed by atoms with E-state index in [4.69, 9.17) is 9.47 Å². The average Bonchev–Trinajstić information content (AvgIpc) is 3.73. The second-order valence-electron chi connectivity index (χ2n) is 17.1. The number of carbonyl (C=O) groups excluding carboxylic acids is 4. The first-order valence-corrected chi connectivity index (χ1v) is 21.4. The van der Waals surface area contributed by atoms with Gasteiger partial charge in [-0.25, -0.2) is 0 Å². The number of benzene rings is 5. The van der Waals surface area contributed by atoms with E-state index in [1.807, 2.05) is 92.6 Å². The fourth-order valence-corrected chi connectivity index (χ4v) is 9.81. The standard InChI is InChI=1S/C50H48N8O7/c1-55(2)32-15-7-28(8-16-32)51-53-30-11-19-34(20-12-30)57-47(60)38-24-23-37-39(43(38)49(57)62)27-40-45(44(37)46-41(59)25-36(64-5)26-42(46)65-6)50(63)58(48(40)61)35-21-13-31(14-22-35)54-52-29-9-17-33(18-10-29)56(3)4/h7-23,25-26,38-40,43-45,59H,24,27H2,1-6H3/t38-,39+,40+,43-,44-,45+/m0/s1. The lowest BCUT2D eigenvalue weighted by atomic mass is 9.57. The van der Waals surface area contributed by atoms with Gasteiger partial charge < -0.3 is 24.4 Å². The van der Waals surface area contributed by atoms with Gasteiger partial charge in [0.15, 0.2) is 0 Å². The Labute approximate surface area is 376 Å². The number of allylic oxidation sites excluding steroid dienone is 2. The summed E-state index contributed by atoms with van der Waals surface area (Å²) in [6, 6.07) is 31.8. The fraction of sp³-hybridized carbons (Fsp3) is 0.280. The predicted molar refractivity (Wildman–Crippen MR) is 246 cm³/mol. The summed E-state index contributed by atoms with van der Waals surface area (Å²) in [5.74, 6) is -6.01. The summed E-state index contributed by atoms with van der Waals surface area (Å²) in [6.45, 7) is 0. The van der Waals surface area contributed by atoms with Gasteiger partial charge in [0.25, 0.3) is 0 Å². The van der Waals surface area contributed by atoms with E-state index in [9.17, 15) is 24.3 Å². The number of hydrogen-bond acceptors (Lipinski definition) is 13. The summed E-state index contributed by atoms with van der Waals surface area (Å²) in [5.41, 5.74) is 6.24. The van der Waals surface area contributed by atoms with E-state index in [2.05, 4.69) is 20.5 Å². The molecule has 1 N–H and O–H groups in total. The van der Waals surface area contributed by atoms with E-state index in [1.54, 1.807) is 54.6 Å². The molecule has 9 rings (SSSR count). The zero-order valence-electron chi connectivity index (χ0n) is 36.8. The Morgan fingerprint density at radius 2 is 1.00 bits per heavy atom.